The maximum atomic E-state index is 13.2. The topological polar surface area (TPSA) is 95.9 Å². The van der Waals surface area contributed by atoms with Crippen LogP contribution in [0.1, 0.15) is 258 Å². The van der Waals surface area contributed by atoms with Gasteiger partial charge >= 0.3 is 5.97 Å². The fourth-order valence-electron chi connectivity index (χ4n) is 7.68. The van der Waals surface area contributed by atoms with Crippen LogP contribution in [0, 0.1) is 0 Å². The van der Waals surface area contributed by atoms with E-state index >= 15 is 0 Å². The Morgan fingerprint density at radius 1 is 0.517 bits per heavy atom. The quantitative estimate of drug-likeness (QED) is 0.0323. The minimum atomic E-state index is -0.787. The Labute approximate surface area is 360 Å². The average molecular weight is 816 g/mol. The van der Waals surface area contributed by atoms with Gasteiger partial charge in [0.25, 0.3) is 0 Å². The molecule has 3 atom stereocenters. The van der Waals surface area contributed by atoms with E-state index in [4.69, 9.17) is 4.74 Å². The summed E-state index contributed by atoms with van der Waals surface area (Å²) in [5.74, 6) is -0.490. The van der Waals surface area contributed by atoms with Gasteiger partial charge in [0.1, 0.15) is 6.10 Å². The largest absolute Gasteiger partial charge is 0.462 e. The van der Waals surface area contributed by atoms with Crippen molar-refractivity contribution in [2.75, 3.05) is 6.61 Å². The first kappa shape index (κ1) is 56.1. The molecule has 0 aromatic rings. The molecule has 0 aliphatic rings. The van der Waals surface area contributed by atoms with Gasteiger partial charge in [-0.15, -0.1) is 0 Å². The molecule has 0 rings (SSSR count). The van der Waals surface area contributed by atoms with E-state index in [0.29, 0.717) is 19.3 Å². The first-order valence-corrected chi connectivity index (χ1v) is 25.2. The monoisotopic (exact) mass is 816 g/mol. The molecule has 0 bridgehead atoms. The lowest BCUT2D eigenvalue weighted by Crippen LogP contribution is -2.46. The van der Waals surface area contributed by atoms with Gasteiger partial charge in [-0.2, -0.15) is 0 Å². The summed E-state index contributed by atoms with van der Waals surface area (Å²) in [6.45, 7) is 6.37. The van der Waals surface area contributed by atoms with Gasteiger partial charge in [-0.3, -0.25) is 9.59 Å². The molecule has 0 aromatic carbocycles. The van der Waals surface area contributed by atoms with E-state index in [1.54, 1.807) is 0 Å². The highest BCUT2D eigenvalue weighted by Crippen LogP contribution is 2.18. The minimum Gasteiger partial charge on any atom is -0.462 e. The number of hydrogen-bond acceptors (Lipinski definition) is 5. The molecule has 0 saturated carbocycles. The first-order valence-electron chi connectivity index (χ1n) is 25.2. The van der Waals surface area contributed by atoms with Crippen LogP contribution in [0.15, 0.2) is 36.5 Å². The van der Waals surface area contributed by atoms with Gasteiger partial charge < -0.3 is 20.3 Å². The third-order valence-corrected chi connectivity index (χ3v) is 11.5. The molecule has 0 heterocycles. The standard InChI is InChI=1S/C52H97NO5/c1-4-7-10-13-16-19-22-24-26-29-31-34-37-40-43-48(58-52(57)45-42-39-36-33-30-27-25-23-20-17-14-11-8-5-2)46-51(56)53-49(47-54)50(55)44-41-38-35-32-28-21-18-15-12-9-6-3/h8,11,17,20,25,27,48-50,54-55H,4-7,9-10,12-16,18-19,21-24,26,28-47H2,1-3H3,(H,53,56)/b11-8+,20-17+,27-25+. The van der Waals surface area contributed by atoms with Gasteiger partial charge in [0.05, 0.1) is 25.2 Å². The van der Waals surface area contributed by atoms with Crippen LogP contribution >= 0.6 is 0 Å². The van der Waals surface area contributed by atoms with E-state index in [1.165, 1.54) is 128 Å². The van der Waals surface area contributed by atoms with Crippen LogP contribution < -0.4 is 5.32 Å². The molecule has 3 N–H and O–H groups in total. The number of rotatable bonds is 45. The smallest absolute Gasteiger partial charge is 0.306 e. The molecule has 3 unspecified atom stereocenters. The number of nitrogens with one attached hydrogen (secondary N) is 1. The fraction of sp³-hybridized carbons (Fsp3) is 0.846. The Morgan fingerprint density at radius 2 is 0.931 bits per heavy atom. The summed E-state index contributed by atoms with van der Waals surface area (Å²) in [5, 5.41) is 23.7. The number of hydrogen-bond donors (Lipinski definition) is 3. The van der Waals surface area contributed by atoms with Crippen molar-refractivity contribution in [3.63, 3.8) is 0 Å². The van der Waals surface area contributed by atoms with E-state index in [2.05, 4.69) is 62.5 Å². The zero-order valence-electron chi connectivity index (χ0n) is 38.7. The Kier molecular flexibility index (Phi) is 44.6. The molecular formula is C52H97NO5. The van der Waals surface area contributed by atoms with Crippen molar-refractivity contribution in [2.24, 2.45) is 0 Å². The molecule has 0 spiro atoms. The summed E-state index contributed by atoms with van der Waals surface area (Å²) in [6, 6.07) is -0.702. The first-order chi connectivity index (χ1) is 28.5. The fourth-order valence-corrected chi connectivity index (χ4v) is 7.68. The summed E-state index contributed by atoms with van der Waals surface area (Å²) in [6.07, 6.45) is 53.4. The lowest BCUT2D eigenvalue weighted by molar-refractivity contribution is -0.151. The Morgan fingerprint density at radius 3 is 1.41 bits per heavy atom. The van der Waals surface area contributed by atoms with E-state index in [-0.39, 0.29) is 24.9 Å². The number of allylic oxidation sites excluding steroid dienone is 6. The molecule has 58 heavy (non-hydrogen) atoms. The zero-order chi connectivity index (χ0) is 42.4. The van der Waals surface area contributed by atoms with Gasteiger partial charge in [-0.1, -0.05) is 224 Å². The number of unbranched alkanes of at least 4 members (excludes halogenated alkanes) is 27. The lowest BCUT2D eigenvalue weighted by atomic mass is 10.0. The molecule has 0 aliphatic heterocycles. The van der Waals surface area contributed by atoms with Crippen molar-refractivity contribution < 1.29 is 24.5 Å². The third-order valence-electron chi connectivity index (χ3n) is 11.5. The van der Waals surface area contributed by atoms with Crippen LogP contribution in [0.4, 0.5) is 0 Å². The van der Waals surface area contributed by atoms with Gasteiger partial charge in [0.15, 0.2) is 0 Å². The van der Waals surface area contributed by atoms with Gasteiger partial charge in [-0.05, 0) is 57.8 Å². The average Bonchev–Trinajstić information content (AvgIpc) is 3.22. The number of aliphatic hydroxyl groups excluding tert-OH is 2. The second-order valence-corrected chi connectivity index (χ2v) is 17.2. The highest BCUT2D eigenvalue weighted by Gasteiger charge is 2.24. The molecule has 0 saturated heterocycles. The second kappa shape index (κ2) is 46.2. The van der Waals surface area contributed by atoms with Crippen molar-refractivity contribution in [1.82, 2.24) is 5.32 Å². The maximum absolute atomic E-state index is 13.2. The lowest BCUT2D eigenvalue weighted by Gasteiger charge is -2.24. The van der Waals surface area contributed by atoms with Gasteiger partial charge in [0.2, 0.25) is 5.91 Å². The van der Waals surface area contributed by atoms with Crippen LogP contribution in [0.2, 0.25) is 0 Å². The maximum Gasteiger partial charge on any atom is 0.306 e. The number of ether oxygens (including phenoxy) is 1. The number of esters is 1. The van der Waals surface area contributed by atoms with Crippen molar-refractivity contribution in [3.8, 4) is 0 Å². The van der Waals surface area contributed by atoms with E-state index < -0.39 is 18.2 Å². The number of carbonyl (C=O) groups excluding carboxylic acids is 2. The number of carbonyl (C=O) groups is 2. The molecule has 1 amide bonds. The van der Waals surface area contributed by atoms with E-state index in [1.807, 2.05) is 0 Å². The number of amides is 1. The Bertz CT molecular complexity index is 961. The summed E-state index contributed by atoms with van der Waals surface area (Å²) in [7, 11) is 0. The molecular weight excluding hydrogens is 719 g/mol. The minimum absolute atomic E-state index is 0.0722. The zero-order valence-corrected chi connectivity index (χ0v) is 38.7. The molecule has 0 fully saturated rings. The van der Waals surface area contributed by atoms with Gasteiger partial charge in [-0.25, -0.2) is 0 Å². The van der Waals surface area contributed by atoms with Crippen molar-refractivity contribution in [3.05, 3.63) is 36.5 Å². The molecule has 6 nitrogen and oxygen atoms in total. The van der Waals surface area contributed by atoms with Crippen LogP contribution in [0.25, 0.3) is 0 Å². The van der Waals surface area contributed by atoms with Crippen molar-refractivity contribution in [1.29, 1.82) is 0 Å². The van der Waals surface area contributed by atoms with Crippen LogP contribution in [0.5, 0.6) is 0 Å². The molecule has 0 radical (unpaired) electrons. The normalized spacial score (nSPS) is 13.5. The Balaban J connectivity index is 4.60. The molecule has 0 aliphatic carbocycles. The number of aliphatic hydroxyl groups is 2. The Hall–Kier alpha value is -1.92. The van der Waals surface area contributed by atoms with Gasteiger partial charge in [0, 0.05) is 6.42 Å². The summed E-state index contributed by atoms with van der Waals surface area (Å²) in [4.78, 5) is 26.1. The highest BCUT2D eigenvalue weighted by atomic mass is 16.5. The van der Waals surface area contributed by atoms with Crippen molar-refractivity contribution >= 4 is 11.9 Å². The summed E-state index contributed by atoms with van der Waals surface area (Å²) >= 11 is 0. The molecule has 6 heteroatoms. The second-order valence-electron chi connectivity index (χ2n) is 17.2. The van der Waals surface area contributed by atoms with Crippen LogP contribution in [-0.4, -0.2) is 46.9 Å². The highest BCUT2D eigenvalue weighted by molar-refractivity contribution is 5.77. The SMILES string of the molecule is CC/C=C/C/C=C/C/C=C/CCCCCCC(=O)OC(CCCCCCCCCCCCCCCC)CC(=O)NC(CO)C(O)CCCCCCCCCCCCC. The van der Waals surface area contributed by atoms with E-state index in [0.717, 1.165) is 83.5 Å². The third kappa shape index (κ3) is 40.8. The molecule has 0 aromatic heterocycles. The molecule has 340 valence electrons. The van der Waals surface area contributed by atoms with E-state index in [9.17, 15) is 19.8 Å². The van der Waals surface area contributed by atoms with Crippen LogP contribution in [0.3, 0.4) is 0 Å². The predicted molar refractivity (Wildman–Crippen MR) is 250 cm³/mol. The van der Waals surface area contributed by atoms with Crippen LogP contribution in [-0.2, 0) is 14.3 Å². The summed E-state index contributed by atoms with van der Waals surface area (Å²) in [5.41, 5.74) is 0. The predicted octanol–water partition coefficient (Wildman–Crippen LogP) is 14.9. The van der Waals surface area contributed by atoms with Crippen molar-refractivity contribution in [2.45, 2.75) is 277 Å². The summed E-state index contributed by atoms with van der Waals surface area (Å²) < 4.78 is 5.92.